The van der Waals surface area contributed by atoms with Crippen LogP contribution in [-0.4, -0.2) is 23.4 Å². The zero-order chi connectivity index (χ0) is 27.5. The maximum atomic E-state index is 14.2. The normalized spacial score (nSPS) is 16.4. The number of ether oxygens (including phenoxy) is 2. The highest BCUT2D eigenvalue weighted by atomic mass is 35.5. The third-order valence-electron chi connectivity index (χ3n) is 6.19. The molecule has 0 saturated carbocycles. The number of anilines is 1. The van der Waals surface area contributed by atoms with Crippen LogP contribution in [0.2, 0.25) is 5.02 Å². The molecule has 1 saturated heterocycles. The van der Waals surface area contributed by atoms with Crippen molar-refractivity contribution in [2.24, 2.45) is 0 Å². The van der Waals surface area contributed by atoms with Crippen LogP contribution >= 0.6 is 11.6 Å². The highest BCUT2D eigenvalue weighted by Gasteiger charge is 2.47. The molecule has 8 heteroatoms. The Morgan fingerprint density at radius 3 is 2.41 bits per heavy atom. The average molecular weight is 544 g/mol. The maximum absolute atomic E-state index is 14.2. The summed E-state index contributed by atoms with van der Waals surface area (Å²) in [6.07, 6.45) is 0. The van der Waals surface area contributed by atoms with Crippen LogP contribution < -0.4 is 14.4 Å². The predicted molar refractivity (Wildman–Crippen MR) is 147 cm³/mol. The third kappa shape index (κ3) is 5.22. The molecule has 196 valence electrons. The van der Waals surface area contributed by atoms with Crippen LogP contribution in [0.5, 0.6) is 17.2 Å². The second kappa shape index (κ2) is 11.0. The quantitative estimate of drug-likeness (QED) is 0.150. The smallest absolute Gasteiger partial charge is 0.300 e. The molecule has 4 aromatic carbocycles. The lowest BCUT2D eigenvalue weighted by Crippen LogP contribution is -2.29. The van der Waals surface area contributed by atoms with Crippen LogP contribution in [0.4, 0.5) is 10.1 Å². The van der Waals surface area contributed by atoms with Gasteiger partial charge in [-0.2, -0.15) is 0 Å². The minimum absolute atomic E-state index is 0.161. The van der Waals surface area contributed by atoms with Crippen molar-refractivity contribution in [1.29, 1.82) is 0 Å². The van der Waals surface area contributed by atoms with Crippen molar-refractivity contribution >= 4 is 34.7 Å². The molecule has 0 aliphatic carbocycles. The molecule has 1 heterocycles. The Balaban J connectivity index is 1.67. The minimum atomic E-state index is -1.07. The van der Waals surface area contributed by atoms with Gasteiger partial charge in [0.25, 0.3) is 11.7 Å². The second-order valence-electron chi connectivity index (χ2n) is 8.71. The number of benzene rings is 4. The number of aliphatic hydroxyl groups excluding tert-OH is 1. The Bertz CT molecular complexity index is 1590. The number of para-hydroxylation sites is 1. The lowest BCUT2D eigenvalue weighted by atomic mass is 9.95. The summed E-state index contributed by atoms with van der Waals surface area (Å²) in [5.74, 6) is -1.44. The van der Waals surface area contributed by atoms with E-state index >= 15 is 0 Å². The summed E-state index contributed by atoms with van der Waals surface area (Å²) < 4.78 is 25.7. The molecular weight excluding hydrogens is 521 g/mol. The van der Waals surface area contributed by atoms with Gasteiger partial charge >= 0.3 is 0 Å². The predicted octanol–water partition coefficient (Wildman–Crippen LogP) is 7.30. The Kier molecular flexibility index (Phi) is 7.34. The summed E-state index contributed by atoms with van der Waals surface area (Å²) in [6, 6.07) is 24.8. The molecule has 1 aliphatic rings. The van der Waals surface area contributed by atoms with Crippen LogP contribution in [0, 0.1) is 5.82 Å². The molecule has 6 nitrogen and oxygen atoms in total. The van der Waals surface area contributed by atoms with E-state index in [1.54, 1.807) is 43.3 Å². The lowest BCUT2D eigenvalue weighted by Gasteiger charge is -2.26. The lowest BCUT2D eigenvalue weighted by molar-refractivity contribution is -0.132. The van der Waals surface area contributed by atoms with Gasteiger partial charge in [-0.05, 0) is 73.2 Å². The van der Waals surface area contributed by atoms with E-state index in [-0.39, 0.29) is 16.8 Å². The summed E-state index contributed by atoms with van der Waals surface area (Å²) in [6.45, 7) is 2.12. The van der Waals surface area contributed by atoms with E-state index in [2.05, 4.69) is 0 Å². The average Bonchev–Trinajstić information content (AvgIpc) is 3.20. The molecule has 5 rings (SSSR count). The van der Waals surface area contributed by atoms with Crippen molar-refractivity contribution in [1.82, 2.24) is 0 Å². The standard InChI is InChI=1S/C31H23ClFNO5/c1-2-38-26-17-20(14-15-25(26)32)29(35)27-28(34(31(37)30(27)36)22-10-7-9-21(33)18-22)19-8-6-13-24(16-19)39-23-11-4-3-5-12-23/h3-18,28,35H,2H2,1H3/b29-27+. The molecule has 0 radical (unpaired) electrons. The van der Waals surface area contributed by atoms with E-state index in [4.69, 9.17) is 21.1 Å². The summed E-state index contributed by atoms with van der Waals surface area (Å²) >= 11 is 6.22. The van der Waals surface area contributed by atoms with Crippen LogP contribution in [0.1, 0.15) is 24.1 Å². The van der Waals surface area contributed by atoms with Gasteiger partial charge in [-0.25, -0.2) is 4.39 Å². The number of hydrogen-bond donors (Lipinski definition) is 1. The Morgan fingerprint density at radius 1 is 0.923 bits per heavy atom. The number of nitrogens with zero attached hydrogens (tertiary/aromatic N) is 1. The molecule has 1 N–H and O–H groups in total. The van der Waals surface area contributed by atoms with Crippen LogP contribution in [0.15, 0.2) is 103 Å². The highest BCUT2D eigenvalue weighted by molar-refractivity contribution is 6.51. The van der Waals surface area contributed by atoms with Gasteiger partial charge in [0, 0.05) is 11.3 Å². The second-order valence-corrected chi connectivity index (χ2v) is 9.12. The van der Waals surface area contributed by atoms with Crippen molar-refractivity contribution in [2.45, 2.75) is 13.0 Å². The molecule has 1 aliphatic heterocycles. The number of halogens is 2. The zero-order valence-corrected chi connectivity index (χ0v) is 21.6. The maximum Gasteiger partial charge on any atom is 0.300 e. The van der Waals surface area contributed by atoms with Gasteiger partial charge in [-0.1, -0.05) is 48.0 Å². The van der Waals surface area contributed by atoms with Gasteiger partial charge < -0.3 is 14.6 Å². The van der Waals surface area contributed by atoms with Crippen molar-refractivity contribution in [3.05, 3.63) is 125 Å². The number of ketones is 1. The third-order valence-corrected chi connectivity index (χ3v) is 6.50. The zero-order valence-electron chi connectivity index (χ0n) is 20.8. The van der Waals surface area contributed by atoms with Gasteiger partial charge in [-0.3, -0.25) is 14.5 Å². The van der Waals surface area contributed by atoms with Crippen molar-refractivity contribution < 1.29 is 28.6 Å². The number of amides is 1. The van der Waals surface area contributed by atoms with Crippen LogP contribution in [-0.2, 0) is 9.59 Å². The number of Topliss-reactive ketones (excluding diaryl/α,β-unsaturated/α-hetero) is 1. The van der Waals surface area contributed by atoms with Gasteiger partial charge in [0.1, 0.15) is 28.8 Å². The minimum Gasteiger partial charge on any atom is -0.507 e. The van der Waals surface area contributed by atoms with Crippen molar-refractivity contribution in [3.63, 3.8) is 0 Å². The van der Waals surface area contributed by atoms with Crippen LogP contribution in [0.3, 0.4) is 0 Å². The van der Waals surface area contributed by atoms with E-state index < -0.39 is 29.3 Å². The van der Waals surface area contributed by atoms with Crippen molar-refractivity contribution in [3.8, 4) is 17.2 Å². The summed E-state index contributed by atoms with van der Waals surface area (Å²) in [5, 5.41) is 11.8. The van der Waals surface area contributed by atoms with Gasteiger partial charge in [0.05, 0.1) is 23.2 Å². The number of carbonyl (C=O) groups excluding carboxylic acids is 2. The van der Waals surface area contributed by atoms with E-state index in [0.29, 0.717) is 34.4 Å². The Labute approximate surface area is 229 Å². The first-order valence-electron chi connectivity index (χ1n) is 12.2. The van der Waals surface area contributed by atoms with E-state index in [1.165, 1.54) is 41.3 Å². The first-order chi connectivity index (χ1) is 18.9. The molecule has 0 spiro atoms. The first kappa shape index (κ1) is 26.0. The molecular formula is C31H23ClFNO5. The van der Waals surface area contributed by atoms with Crippen LogP contribution in [0.25, 0.3) is 5.76 Å². The molecule has 1 amide bonds. The van der Waals surface area contributed by atoms with E-state index in [0.717, 1.165) is 6.07 Å². The van der Waals surface area contributed by atoms with Gasteiger partial charge in [-0.15, -0.1) is 0 Å². The number of hydrogen-bond acceptors (Lipinski definition) is 5. The van der Waals surface area contributed by atoms with E-state index in [1.807, 2.05) is 18.2 Å². The van der Waals surface area contributed by atoms with Gasteiger partial charge in [0.15, 0.2) is 0 Å². The molecule has 4 aromatic rings. The number of rotatable bonds is 7. The summed E-state index contributed by atoms with van der Waals surface area (Å²) in [7, 11) is 0. The molecule has 1 unspecified atom stereocenters. The fraction of sp³-hybridized carbons (Fsp3) is 0.0968. The Morgan fingerprint density at radius 2 is 1.67 bits per heavy atom. The largest absolute Gasteiger partial charge is 0.507 e. The topological polar surface area (TPSA) is 76.1 Å². The highest BCUT2D eigenvalue weighted by Crippen LogP contribution is 2.43. The van der Waals surface area contributed by atoms with E-state index in [9.17, 15) is 19.1 Å². The summed E-state index contributed by atoms with van der Waals surface area (Å²) in [5.41, 5.74) is 0.724. The molecule has 1 fully saturated rings. The van der Waals surface area contributed by atoms with Gasteiger partial charge in [0.2, 0.25) is 0 Å². The number of carbonyl (C=O) groups is 2. The Hall–Kier alpha value is -4.62. The fourth-order valence-electron chi connectivity index (χ4n) is 4.49. The number of aliphatic hydroxyl groups is 1. The molecule has 1 atom stereocenters. The van der Waals surface area contributed by atoms with Crippen molar-refractivity contribution in [2.75, 3.05) is 11.5 Å². The summed E-state index contributed by atoms with van der Waals surface area (Å²) in [4.78, 5) is 28.0. The molecule has 39 heavy (non-hydrogen) atoms. The fourth-order valence-corrected chi connectivity index (χ4v) is 4.66. The SMILES string of the molecule is CCOc1cc(/C(O)=C2\C(=O)C(=O)N(c3cccc(F)c3)C2c2cccc(Oc3ccccc3)c2)ccc1Cl. The first-order valence-corrected chi connectivity index (χ1v) is 12.6. The molecule has 0 aromatic heterocycles. The monoisotopic (exact) mass is 543 g/mol. The molecule has 0 bridgehead atoms.